The van der Waals surface area contributed by atoms with Gasteiger partial charge in [0.15, 0.2) is 0 Å². The fraction of sp³-hybridized carbons (Fsp3) is 0.176. The minimum absolute atomic E-state index is 0.728. The number of benzene rings is 2. The molecule has 0 aliphatic heterocycles. The van der Waals surface area contributed by atoms with E-state index in [9.17, 15) is 0 Å². The van der Waals surface area contributed by atoms with Gasteiger partial charge >= 0.3 is 0 Å². The average Bonchev–Trinajstić information content (AvgIpc) is 2.88. The van der Waals surface area contributed by atoms with Crippen LogP contribution in [0.25, 0.3) is 22.3 Å². The van der Waals surface area contributed by atoms with E-state index in [1.807, 2.05) is 30.3 Å². The monoisotopic (exact) mass is 285 g/mol. The van der Waals surface area contributed by atoms with Crippen LogP contribution in [0.15, 0.2) is 52.9 Å². The maximum Gasteiger partial charge on any atom is 0.135 e. The first kappa shape index (κ1) is 13.2. The lowest BCUT2D eigenvalue weighted by Gasteiger charge is -2.07. The largest absolute Gasteiger partial charge is 0.456 e. The van der Waals surface area contributed by atoms with Crippen LogP contribution in [0.4, 0.5) is 0 Å². The Bertz CT molecular complexity index is 733. The van der Waals surface area contributed by atoms with Crippen LogP contribution in [-0.2, 0) is 6.54 Å². The molecule has 0 radical (unpaired) electrons. The van der Waals surface area contributed by atoms with Crippen LogP contribution in [-0.4, -0.2) is 6.54 Å². The van der Waals surface area contributed by atoms with Gasteiger partial charge in [-0.25, -0.2) is 0 Å². The number of fused-ring (bicyclic) bond motifs is 1. The Labute approximate surface area is 123 Å². The lowest BCUT2D eigenvalue weighted by Crippen LogP contribution is -2.12. The molecule has 0 aliphatic carbocycles. The van der Waals surface area contributed by atoms with Gasteiger partial charge in [0.1, 0.15) is 11.3 Å². The second kappa shape index (κ2) is 5.70. The minimum Gasteiger partial charge on any atom is -0.456 e. The molecule has 3 rings (SSSR count). The molecule has 1 aromatic heterocycles. The van der Waals surface area contributed by atoms with Crippen molar-refractivity contribution in [3.8, 4) is 11.3 Å². The third-order valence-electron chi connectivity index (χ3n) is 3.33. The molecular weight excluding hydrogens is 270 g/mol. The van der Waals surface area contributed by atoms with Crippen molar-refractivity contribution in [2.24, 2.45) is 0 Å². The zero-order valence-electron chi connectivity index (χ0n) is 11.3. The third kappa shape index (κ3) is 2.58. The van der Waals surface area contributed by atoms with Crippen LogP contribution in [0.5, 0.6) is 0 Å². The summed E-state index contributed by atoms with van der Waals surface area (Å²) in [6, 6.07) is 16.0. The van der Waals surface area contributed by atoms with Gasteiger partial charge in [0.2, 0.25) is 0 Å². The number of nitrogens with one attached hydrogen (secondary N) is 1. The SMILES string of the molecule is CCNCc1ccccc1-c1cc2cc(Cl)ccc2o1. The fourth-order valence-corrected chi connectivity index (χ4v) is 2.50. The van der Waals surface area contributed by atoms with Crippen LogP contribution in [0.1, 0.15) is 12.5 Å². The summed E-state index contributed by atoms with van der Waals surface area (Å²) in [7, 11) is 0. The molecule has 0 atom stereocenters. The number of halogens is 1. The highest BCUT2D eigenvalue weighted by molar-refractivity contribution is 6.31. The predicted molar refractivity (Wildman–Crippen MR) is 84.0 cm³/mol. The Balaban J connectivity index is 2.06. The summed E-state index contributed by atoms with van der Waals surface area (Å²) in [4.78, 5) is 0. The molecule has 0 saturated heterocycles. The van der Waals surface area contributed by atoms with Gasteiger partial charge in [-0.2, -0.15) is 0 Å². The summed E-state index contributed by atoms with van der Waals surface area (Å²) >= 11 is 6.02. The van der Waals surface area contributed by atoms with Gasteiger partial charge in [-0.1, -0.05) is 42.8 Å². The van der Waals surface area contributed by atoms with Crippen molar-refractivity contribution in [2.75, 3.05) is 6.54 Å². The topological polar surface area (TPSA) is 25.2 Å². The van der Waals surface area contributed by atoms with Crippen LogP contribution in [0, 0.1) is 0 Å². The van der Waals surface area contributed by atoms with Crippen molar-refractivity contribution >= 4 is 22.6 Å². The van der Waals surface area contributed by atoms with Crippen molar-refractivity contribution in [1.82, 2.24) is 5.32 Å². The molecule has 0 saturated carbocycles. The Kier molecular flexibility index (Phi) is 3.77. The van der Waals surface area contributed by atoms with Crippen molar-refractivity contribution in [2.45, 2.75) is 13.5 Å². The Hall–Kier alpha value is -1.77. The van der Waals surface area contributed by atoms with Crippen LogP contribution < -0.4 is 5.32 Å². The first-order valence-corrected chi connectivity index (χ1v) is 7.14. The van der Waals surface area contributed by atoms with E-state index < -0.39 is 0 Å². The highest BCUT2D eigenvalue weighted by atomic mass is 35.5. The smallest absolute Gasteiger partial charge is 0.135 e. The van der Waals surface area contributed by atoms with Crippen LogP contribution >= 0.6 is 11.6 Å². The minimum atomic E-state index is 0.728. The Morgan fingerprint density at radius 1 is 1.10 bits per heavy atom. The highest BCUT2D eigenvalue weighted by Crippen LogP contribution is 2.31. The summed E-state index contributed by atoms with van der Waals surface area (Å²) < 4.78 is 5.94. The molecule has 2 nitrogen and oxygen atoms in total. The molecule has 2 aromatic carbocycles. The zero-order chi connectivity index (χ0) is 13.9. The van der Waals surface area contributed by atoms with Crippen molar-refractivity contribution in [1.29, 1.82) is 0 Å². The Morgan fingerprint density at radius 2 is 1.95 bits per heavy atom. The molecule has 0 spiro atoms. The molecule has 0 fully saturated rings. The van der Waals surface area contributed by atoms with E-state index in [0.717, 1.165) is 40.4 Å². The van der Waals surface area contributed by atoms with E-state index >= 15 is 0 Å². The molecule has 3 heteroatoms. The Morgan fingerprint density at radius 3 is 2.80 bits per heavy atom. The molecule has 0 bridgehead atoms. The molecule has 102 valence electrons. The van der Waals surface area contributed by atoms with Gasteiger partial charge in [-0.05, 0) is 36.4 Å². The maximum atomic E-state index is 6.02. The molecule has 20 heavy (non-hydrogen) atoms. The van der Waals surface area contributed by atoms with E-state index in [1.165, 1.54) is 5.56 Å². The summed E-state index contributed by atoms with van der Waals surface area (Å²) in [6.07, 6.45) is 0. The fourth-order valence-electron chi connectivity index (χ4n) is 2.32. The summed E-state index contributed by atoms with van der Waals surface area (Å²) in [5.74, 6) is 0.885. The normalized spacial score (nSPS) is 11.1. The standard InChI is InChI=1S/C17H16ClNO/c1-2-19-11-12-5-3-4-6-15(12)17-10-13-9-14(18)7-8-16(13)20-17/h3-10,19H,2,11H2,1H3. The molecular formula is C17H16ClNO. The van der Waals surface area contributed by atoms with Crippen molar-refractivity contribution in [3.63, 3.8) is 0 Å². The zero-order valence-corrected chi connectivity index (χ0v) is 12.1. The van der Waals surface area contributed by atoms with E-state index in [2.05, 4.69) is 30.4 Å². The van der Waals surface area contributed by atoms with Gasteiger partial charge in [0, 0.05) is 22.5 Å². The summed E-state index contributed by atoms with van der Waals surface area (Å²) in [5, 5.41) is 5.12. The second-order valence-electron chi connectivity index (χ2n) is 4.73. The van der Waals surface area contributed by atoms with Gasteiger partial charge in [-0.15, -0.1) is 0 Å². The number of rotatable bonds is 4. The number of hydrogen-bond acceptors (Lipinski definition) is 2. The predicted octanol–water partition coefficient (Wildman–Crippen LogP) is 4.86. The number of furan rings is 1. The average molecular weight is 286 g/mol. The van der Waals surface area contributed by atoms with E-state index in [-0.39, 0.29) is 0 Å². The quantitative estimate of drug-likeness (QED) is 0.740. The van der Waals surface area contributed by atoms with Crippen molar-refractivity contribution in [3.05, 3.63) is 59.1 Å². The molecule has 0 unspecified atom stereocenters. The van der Waals surface area contributed by atoms with Gasteiger partial charge in [0.25, 0.3) is 0 Å². The maximum absolute atomic E-state index is 6.02. The highest BCUT2D eigenvalue weighted by Gasteiger charge is 2.10. The molecule has 3 aromatic rings. The van der Waals surface area contributed by atoms with Crippen LogP contribution in [0.2, 0.25) is 5.02 Å². The molecule has 1 N–H and O–H groups in total. The first-order chi connectivity index (χ1) is 9.78. The molecule has 0 amide bonds. The lowest BCUT2D eigenvalue weighted by atomic mass is 10.0. The van der Waals surface area contributed by atoms with E-state index in [1.54, 1.807) is 0 Å². The van der Waals surface area contributed by atoms with Crippen LogP contribution in [0.3, 0.4) is 0 Å². The molecule has 0 aliphatic rings. The molecule has 1 heterocycles. The summed E-state index contributed by atoms with van der Waals surface area (Å²) in [5.41, 5.74) is 3.22. The van der Waals surface area contributed by atoms with Gasteiger partial charge in [0.05, 0.1) is 0 Å². The van der Waals surface area contributed by atoms with E-state index in [0.29, 0.717) is 0 Å². The van der Waals surface area contributed by atoms with Gasteiger partial charge < -0.3 is 9.73 Å². The van der Waals surface area contributed by atoms with Crippen molar-refractivity contribution < 1.29 is 4.42 Å². The number of hydrogen-bond donors (Lipinski definition) is 1. The van der Waals surface area contributed by atoms with Gasteiger partial charge in [-0.3, -0.25) is 0 Å². The second-order valence-corrected chi connectivity index (χ2v) is 5.17. The summed E-state index contributed by atoms with van der Waals surface area (Å²) in [6.45, 7) is 3.89. The third-order valence-corrected chi connectivity index (χ3v) is 3.56. The van der Waals surface area contributed by atoms with E-state index in [4.69, 9.17) is 16.0 Å². The lowest BCUT2D eigenvalue weighted by molar-refractivity contribution is 0.629. The first-order valence-electron chi connectivity index (χ1n) is 6.76.